The quantitative estimate of drug-likeness (QED) is 0.823. The third-order valence-electron chi connectivity index (χ3n) is 3.38. The van der Waals surface area contributed by atoms with E-state index < -0.39 is 0 Å². The zero-order chi connectivity index (χ0) is 10.8. The molecule has 4 nitrogen and oxygen atoms in total. The van der Waals surface area contributed by atoms with Gasteiger partial charge in [-0.3, -0.25) is 0 Å². The first-order valence-corrected chi connectivity index (χ1v) is 5.85. The maximum atomic E-state index is 5.70. The van der Waals surface area contributed by atoms with E-state index in [4.69, 9.17) is 5.73 Å². The molecule has 0 aliphatic heterocycles. The molecule has 0 aromatic carbocycles. The normalized spacial score (nSPS) is 19.7. The Morgan fingerprint density at radius 3 is 2.67 bits per heavy atom. The van der Waals surface area contributed by atoms with Gasteiger partial charge in [0.15, 0.2) is 0 Å². The average Bonchev–Trinajstić information content (AvgIpc) is 2.85. The van der Waals surface area contributed by atoms with Gasteiger partial charge in [-0.1, -0.05) is 19.8 Å². The van der Waals surface area contributed by atoms with Gasteiger partial charge < -0.3 is 10.3 Å². The van der Waals surface area contributed by atoms with Crippen LogP contribution in [0, 0.1) is 6.92 Å². The average molecular weight is 208 g/mol. The molecule has 0 radical (unpaired) electrons. The van der Waals surface area contributed by atoms with Crippen LogP contribution in [0.25, 0.3) is 0 Å². The number of aryl methyl sites for hydroxylation is 1. The molecule has 2 rings (SSSR count). The van der Waals surface area contributed by atoms with Crippen molar-refractivity contribution in [2.24, 2.45) is 5.73 Å². The molecule has 84 valence electrons. The van der Waals surface area contributed by atoms with Gasteiger partial charge in [-0.05, 0) is 19.8 Å². The molecule has 1 fully saturated rings. The smallest absolute Gasteiger partial charge is 0.137 e. The van der Waals surface area contributed by atoms with Crippen LogP contribution in [0.3, 0.4) is 0 Å². The van der Waals surface area contributed by atoms with Gasteiger partial charge >= 0.3 is 0 Å². The number of hydrogen-bond donors (Lipinski definition) is 1. The first-order chi connectivity index (χ1) is 7.24. The van der Waals surface area contributed by atoms with Crippen molar-refractivity contribution in [1.82, 2.24) is 14.8 Å². The minimum Gasteiger partial charge on any atom is -0.330 e. The van der Waals surface area contributed by atoms with Crippen LogP contribution in [0.2, 0.25) is 0 Å². The lowest BCUT2D eigenvalue weighted by Crippen LogP contribution is -2.18. The summed E-state index contributed by atoms with van der Waals surface area (Å²) >= 11 is 0. The molecule has 0 saturated heterocycles. The monoisotopic (exact) mass is 208 g/mol. The molecule has 2 N–H and O–H groups in total. The topological polar surface area (TPSA) is 56.7 Å². The van der Waals surface area contributed by atoms with Gasteiger partial charge in [-0.15, -0.1) is 10.2 Å². The van der Waals surface area contributed by atoms with Crippen molar-refractivity contribution in [2.75, 3.05) is 6.54 Å². The summed E-state index contributed by atoms with van der Waals surface area (Å²) in [6.07, 6.45) is 5.20. The van der Waals surface area contributed by atoms with Gasteiger partial charge in [-0.2, -0.15) is 0 Å². The first-order valence-electron chi connectivity index (χ1n) is 5.85. The highest BCUT2D eigenvalue weighted by Gasteiger charge is 2.24. The minimum atomic E-state index is 0.312. The fraction of sp³-hybridized carbons (Fsp3) is 0.818. The van der Waals surface area contributed by atoms with Crippen molar-refractivity contribution in [2.45, 2.75) is 51.5 Å². The largest absolute Gasteiger partial charge is 0.330 e. The number of aromatic nitrogens is 3. The summed E-state index contributed by atoms with van der Waals surface area (Å²) in [7, 11) is 0. The summed E-state index contributed by atoms with van der Waals surface area (Å²) < 4.78 is 2.31. The van der Waals surface area contributed by atoms with Gasteiger partial charge in [0.05, 0.1) is 0 Å². The molecular formula is C11H20N4. The highest BCUT2D eigenvalue weighted by molar-refractivity contribution is 5.03. The van der Waals surface area contributed by atoms with Crippen LogP contribution in [0.5, 0.6) is 0 Å². The van der Waals surface area contributed by atoms with E-state index in [1.807, 2.05) is 6.92 Å². The van der Waals surface area contributed by atoms with E-state index in [0.717, 1.165) is 11.6 Å². The number of rotatable bonds is 3. The lowest BCUT2D eigenvalue weighted by Gasteiger charge is -2.18. The Bertz CT molecular complexity index is 325. The lowest BCUT2D eigenvalue weighted by molar-refractivity contribution is 0.472. The maximum Gasteiger partial charge on any atom is 0.137 e. The summed E-state index contributed by atoms with van der Waals surface area (Å²) in [5.41, 5.74) is 5.70. The third-order valence-corrected chi connectivity index (χ3v) is 3.38. The summed E-state index contributed by atoms with van der Waals surface area (Å²) in [5.74, 6) is 2.42. The van der Waals surface area contributed by atoms with E-state index in [1.54, 1.807) is 0 Å². The Morgan fingerprint density at radius 2 is 2.07 bits per heavy atom. The highest BCUT2D eigenvalue weighted by Crippen LogP contribution is 2.32. The van der Waals surface area contributed by atoms with E-state index in [1.165, 1.54) is 25.7 Å². The molecule has 0 bridgehead atoms. The number of nitrogens with zero attached hydrogens (tertiary/aromatic N) is 3. The van der Waals surface area contributed by atoms with E-state index in [0.29, 0.717) is 18.5 Å². The molecule has 15 heavy (non-hydrogen) atoms. The number of hydrogen-bond acceptors (Lipinski definition) is 3. The van der Waals surface area contributed by atoms with Crippen LogP contribution in [0.15, 0.2) is 0 Å². The van der Waals surface area contributed by atoms with Gasteiger partial charge in [0.2, 0.25) is 0 Å². The first kappa shape index (κ1) is 10.6. The molecular weight excluding hydrogens is 188 g/mol. The van der Waals surface area contributed by atoms with Crippen LogP contribution in [-0.2, 0) is 0 Å². The molecule has 1 aromatic rings. The summed E-state index contributed by atoms with van der Waals surface area (Å²) in [6, 6.07) is 0.615. The molecule has 1 atom stereocenters. The molecule has 1 aromatic heterocycles. The summed E-state index contributed by atoms with van der Waals surface area (Å²) in [5, 5.41) is 8.45. The van der Waals surface area contributed by atoms with Crippen LogP contribution >= 0.6 is 0 Å². The second kappa shape index (κ2) is 4.31. The molecule has 1 heterocycles. The maximum absolute atomic E-state index is 5.70. The summed E-state index contributed by atoms with van der Waals surface area (Å²) in [6.45, 7) is 4.80. The fourth-order valence-electron chi connectivity index (χ4n) is 2.44. The van der Waals surface area contributed by atoms with E-state index in [9.17, 15) is 0 Å². The zero-order valence-electron chi connectivity index (χ0n) is 9.61. The summed E-state index contributed by atoms with van der Waals surface area (Å²) in [4.78, 5) is 0. The van der Waals surface area contributed by atoms with Crippen molar-refractivity contribution in [3.05, 3.63) is 11.6 Å². The Kier molecular flexibility index (Phi) is 3.05. The Labute approximate surface area is 90.9 Å². The predicted octanol–water partition coefficient (Wildman–Crippen LogP) is 1.76. The van der Waals surface area contributed by atoms with Crippen LogP contribution in [0.1, 0.15) is 56.2 Å². The molecule has 0 spiro atoms. The molecule has 1 aliphatic rings. The van der Waals surface area contributed by atoms with E-state index >= 15 is 0 Å². The molecule has 0 amide bonds. The predicted molar refractivity (Wildman–Crippen MR) is 59.7 cm³/mol. The van der Waals surface area contributed by atoms with Gasteiger partial charge in [-0.25, -0.2) is 0 Å². The molecule has 1 unspecified atom stereocenters. The van der Waals surface area contributed by atoms with Gasteiger partial charge in [0, 0.05) is 18.5 Å². The standard InChI is InChI=1S/C11H20N4/c1-8(7-12)11-14-13-9(2)15(11)10-5-3-4-6-10/h8,10H,3-7,12H2,1-2H3. The van der Waals surface area contributed by atoms with Crippen molar-refractivity contribution in [3.8, 4) is 0 Å². The molecule has 1 saturated carbocycles. The van der Waals surface area contributed by atoms with Crippen LogP contribution < -0.4 is 5.73 Å². The van der Waals surface area contributed by atoms with Crippen molar-refractivity contribution in [1.29, 1.82) is 0 Å². The SMILES string of the molecule is Cc1nnc(C(C)CN)n1C1CCCC1. The molecule has 4 heteroatoms. The van der Waals surface area contributed by atoms with E-state index in [2.05, 4.69) is 21.7 Å². The third kappa shape index (κ3) is 1.91. The lowest BCUT2D eigenvalue weighted by atomic mass is 10.1. The van der Waals surface area contributed by atoms with Gasteiger partial charge in [0.1, 0.15) is 11.6 Å². The Morgan fingerprint density at radius 1 is 1.40 bits per heavy atom. The number of nitrogens with two attached hydrogens (primary N) is 1. The second-order valence-electron chi connectivity index (χ2n) is 4.55. The van der Waals surface area contributed by atoms with E-state index in [-0.39, 0.29) is 0 Å². The highest BCUT2D eigenvalue weighted by atomic mass is 15.3. The van der Waals surface area contributed by atoms with Gasteiger partial charge in [0.25, 0.3) is 0 Å². The van der Waals surface area contributed by atoms with Crippen molar-refractivity contribution < 1.29 is 0 Å². The van der Waals surface area contributed by atoms with Crippen molar-refractivity contribution >= 4 is 0 Å². The van der Waals surface area contributed by atoms with Crippen LogP contribution in [0.4, 0.5) is 0 Å². The molecule has 1 aliphatic carbocycles. The Hall–Kier alpha value is -0.900. The van der Waals surface area contributed by atoms with Crippen molar-refractivity contribution in [3.63, 3.8) is 0 Å². The zero-order valence-corrected chi connectivity index (χ0v) is 9.61. The minimum absolute atomic E-state index is 0.312. The fourth-order valence-corrected chi connectivity index (χ4v) is 2.44. The Balaban J connectivity index is 2.30. The second-order valence-corrected chi connectivity index (χ2v) is 4.55. The van der Waals surface area contributed by atoms with Crippen LogP contribution in [-0.4, -0.2) is 21.3 Å².